The minimum absolute atomic E-state index is 0.169. The summed E-state index contributed by atoms with van der Waals surface area (Å²) in [5, 5.41) is 11.3. The minimum atomic E-state index is -0.937. The highest BCUT2D eigenvalue weighted by molar-refractivity contribution is 5.84. The van der Waals surface area contributed by atoms with E-state index < -0.39 is 5.60 Å². The monoisotopic (exact) mass is 338 g/mol. The summed E-state index contributed by atoms with van der Waals surface area (Å²) in [7, 11) is 1.72. The number of rotatable bonds is 1. The zero-order valence-electron chi connectivity index (χ0n) is 15.0. The second-order valence-electron chi connectivity index (χ2n) is 8.88. The lowest BCUT2D eigenvalue weighted by molar-refractivity contribution is -0.174. The molecule has 0 spiro atoms. The highest BCUT2D eigenvalue weighted by Gasteiger charge is 2.70. The van der Waals surface area contributed by atoms with Crippen molar-refractivity contribution in [1.29, 1.82) is 0 Å². The summed E-state index contributed by atoms with van der Waals surface area (Å²) in [6, 6.07) is 6.49. The SMILES string of the molecule is COc1ccc2c(c1)CC[C@@H]1[C@@H]2CC[C@@]2(C)[C@]13C=C[C@]2(O)CC(=O)C3. The predicted octanol–water partition coefficient (Wildman–Crippen LogP) is 3.79. The first-order valence-corrected chi connectivity index (χ1v) is 9.54. The Labute approximate surface area is 149 Å². The van der Waals surface area contributed by atoms with Crippen LogP contribution in [-0.4, -0.2) is 23.6 Å². The molecule has 1 aromatic carbocycles. The zero-order valence-corrected chi connectivity index (χ0v) is 15.0. The molecule has 0 saturated heterocycles. The number of ketones is 1. The number of hydrogen-bond donors (Lipinski definition) is 1. The van der Waals surface area contributed by atoms with Crippen LogP contribution in [0.3, 0.4) is 0 Å². The van der Waals surface area contributed by atoms with Crippen molar-refractivity contribution in [3.05, 3.63) is 41.5 Å². The minimum Gasteiger partial charge on any atom is -0.497 e. The summed E-state index contributed by atoms with van der Waals surface area (Å²) in [5.74, 6) is 2.09. The van der Waals surface area contributed by atoms with Crippen LogP contribution in [0, 0.1) is 16.7 Å². The molecule has 5 atom stereocenters. The summed E-state index contributed by atoms with van der Waals surface area (Å²) in [6.45, 7) is 2.24. The number of benzene rings is 1. The summed E-state index contributed by atoms with van der Waals surface area (Å²) in [6.07, 6.45) is 9.33. The molecule has 25 heavy (non-hydrogen) atoms. The largest absolute Gasteiger partial charge is 0.497 e. The quantitative estimate of drug-likeness (QED) is 0.793. The Morgan fingerprint density at radius 3 is 2.84 bits per heavy atom. The van der Waals surface area contributed by atoms with E-state index in [-0.39, 0.29) is 16.6 Å². The molecular formula is C22H26O3. The van der Waals surface area contributed by atoms with E-state index in [1.54, 1.807) is 7.11 Å². The van der Waals surface area contributed by atoms with Crippen LogP contribution in [-0.2, 0) is 11.2 Å². The lowest BCUT2D eigenvalue weighted by Crippen LogP contribution is -2.62. The average Bonchev–Trinajstić information content (AvgIpc) is 2.73. The number of hydrogen-bond acceptors (Lipinski definition) is 3. The maximum Gasteiger partial charge on any atom is 0.137 e. The molecule has 2 saturated carbocycles. The van der Waals surface area contributed by atoms with Gasteiger partial charge in [-0.05, 0) is 60.8 Å². The zero-order chi connectivity index (χ0) is 17.4. The average molecular weight is 338 g/mol. The molecule has 4 aliphatic carbocycles. The topological polar surface area (TPSA) is 46.5 Å². The van der Waals surface area contributed by atoms with Gasteiger partial charge in [-0.25, -0.2) is 0 Å². The van der Waals surface area contributed by atoms with Crippen LogP contribution < -0.4 is 4.74 Å². The van der Waals surface area contributed by atoms with Gasteiger partial charge in [-0.2, -0.15) is 0 Å². The lowest BCUT2D eigenvalue weighted by atomic mass is 9.42. The van der Waals surface area contributed by atoms with E-state index in [1.807, 2.05) is 6.08 Å². The van der Waals surface area contributed by atoms with Crippen molar-refractivity contribution in [2.75, 3.05) is 7.11 Å². The smallest absolute Gasteiger partial charge is 0.137 e. The first-order chi connectivity index (χ1) is 11.9. The third kappa shape index (κ3) is 1.73. The number of fused-ring (bicyclic) bond motifs is 3. The van der Waals surface area contributed by atoms with Gasteiger partial charge in [0.25, 0.3) is 0 Å². The number of carbonyl (C=O) groups excluding carboxylic acids is 1. The first-order valence-electron chi connectivity index (χ1n) is 9.54. The van der Waals surface area contributed by atoms with E-state index in [1.165, 1.54) is 11.1 Å². The van der Waals surface area contributed by atoms with Gasteiger partial charge in [0.1, 0.15) is 11.5 Å². The van der Waals surface area contributed by atoms with Crippen LogP contribution in [0.25, 0.3) is 0 Å². The molecule has 2 fully saturated rings. The third-order valence-electron chi connectivity index (χ3n) is 8.17. The maximum absolute atomic E-state index is 12.5. The van der Waals surface area contributed by atoms with Gasteiger partial charge in [0.05, 0.1) is 12.7 Å². The van der Waals surface area contributed by atoms with Gasteiger partial charge in [0.15, 0.2) is 0 Å². The van der Waals surface area contributed by atoms with Crippen LogP contribution in [0.2, 0.25) is 0 Å². The number of Topliss-reactive ketones (excluding diaryl/α,β-unsaturated/α-hetero) is 1. The van der Waals surface area contributed by atoms with Gasteiger partial charge < -0.3 is 9.84 Å². The molecular weight excluding hydrogens is 312 g/mol. The van der Waals surface area contributed by atoms with Crippen LogP contribution in [0.5, 0.6) is 5.75 Å². The Morgan fingerprint density at radius 2 is 2.04 bits per heavy atom. The molecule has 2 bridgehead atoms. The molecule has 132 valence electrons. The summed E-state index contributed by atoms with van der Waals surface area (Å²) in [4.78, 5) is 12.5. The summed E-state index contributed by atoms with van der Waals surface area (Å²) < 4.78 is 5.40. The normalized spacial score (nSPS) is 44.0. The molecule has 1 N–H and O–H groups in total. The van der Waals surface area contributed by atoms with Gasteiger partial charge in [0, 0.05) is 23.7 Å². The van der Waals surface area contributed by atoms with Crippen molar-refractivity contribution in [3.8, 4) is 5.75 Å². The molecule has 0 amide bonds. The fourth-order valence-electron chi connectivity index (χ4n) is 6.80. The molecule has 3 heteroatoms. The Bertz CT molecular complexity index is 796. The van der Waals surface area contributed by atoms with Crippen LogP contribution >= 0.6 is 0 Å². The molecule has 0 aromatic heterocycles. The number of ether oxygens (including phenoxy) is 1. The first kappa shape index (κ1) is 15.6. The third-order valence-corrected chi connectivity index (χ3v) is 8.17. The fraction of sp³-hybridized carbons (Fsp3) is 0.591. The Hall–Kier alpha value is -1.61. The van der Waals surface area contributed by atoms with E-state index in [9.17, 15) is 9.90 Å². The standard InChI is InChI=1S/C22H26O3/c1-20-8-7-18-17-5-4-16(25-2)11-14(17)3-6-19(18)21(20)9-10-22(20,24)13-15(23)12-21/h4-5,9-11,18-19,24H,3,6-8,12-13H2,1-2H3/t18-,19-,20+,21+,22+/m1/s1. The molecule has 4 aliphatic rings. The highest BCUT2D eigenvalue weighted by atomic mass is 16.5. The number of allylic oxidation sites excluding steroid dienone is 1. The Balaban J connectivity index is 1.62. The lowest BCUT2D eigenvalue weighted by Gasteiger charge is -2.62. The molecule has 1 aromatic rings. The fourth-order valence-corrected chi connectivity index (χ4v) is 6.80. The predicted molar refractivity (Wildman–Crippen MR) is 95.7 cm³/mol. The van der Waals surface area contributed by atoms with Crippen LogP contribution in [0.4, 0.5) is 0 Å². The highest BCUT2D eigenvalue weighted by Crippen LogP contribution is 2.72. The van der Waals surface area contributed by atoms with E-state index >= 15 is 0 Å². The van der Waals surface area contributed by atoms with Gasteiger partial charge in [-0.3, -0.25) is 4.79 Å². The van der Waals surface area contributed by atoms with E-state index in [0.717, 1.165) is 31.4 Å². The van der Waals surface area contributed by atoms with Crippen molar-refractivity contribution < 1.29 is 14.6 Å². The summed E-state index contributed by atoms with van der Waals surface area (Å²) >= 11 is 0. The number of aryl methyl sites for hydroxylation is 1. The number of methoxy groups -OCH3 is 1. The van der Waals surface area contributed by atoms with Gasteiger partial charge in [0.2, 0.25) is 0 Å². The van der Waals surface area contributed by atoms with Gasteiger partial charge in [-0.1, -0.05) is 25.1 Å². The van der Waals surface area contributed by atoms with Gasteiger partial charge in [-0.15, -0.1) is 0 Å². The van der Waals surface area contributed by atoms with Crippen molar-refractivity contribution in [1.82, 2.24) is 0 Å². The molecule has 5 rings (SSSR count). The van der Waals surface area contributed by atoms with Crippen LogP contribution in [0.15, 0.2) is 30.4 Å². The van der Waals surface area contributed by atoms with Crippen molar-refractivity contribution in [3.63, 3.8) is 0 Å². The van der Waals surface area contributed by atoms with E-state index in [4.69, 9.17) is 4.74 Å². The molecule has 3 nitrogen and oxygen atoms in total. The molecule has 0 heterocycles. The Morgan fingerprint density at radius 1 is 1.20 bits per heavy atom. The second-order valence-corrected chi connectivity index (χ2v) is 8.88. The summed E-state index contributed by atoms with van der Waals surface area (Å²) in [5.41, 5.74) is 1.54. The molecule has 0 aliphatic heterocycles. The molecule has 0 unspecified atom stereocenters. The van der Waals surface area contributed by atoms with Crippen molar-refractivity contribution >= 4 is 5.78 Å². The maximum atomic E-state index is 12.5. The second kappa shape index (κ2) is 4.76. The van der Waals surface area contributed by atoms with Gasteiger partial charge >= 0.3 is 0 Å². The number of aliphatic hydroxyl groups is 1. The number of carbonyl (C=O) groups is 1. The Kier molecular flexibility index (Phi) is 2.98. The van der Waals surface area contributed by atoms with E-state index in [2.05, 4.69) is 31.2 Å². The van der Waals surface area contributed by atoms with E-state index in [0.29, 0.717) is 24.7 Å². The van der Waals surface area contributed by atoms with Crippen molar-refractivity contribution in [2.24, 2.45) is 16.7 Å². The van der Waals surface area contributed by atoms with Crippen molar-refractivity contribution in [2.45, 2.75) is 57.0 Å². The molecule has 0 radical (unpaired) electrons. The van der Waals surface area contributed by atoms with Crippen LogP contribution in [0.1, 0.15) is 56.1 Å².